The van der Waals surface area contributed by atoms with Gasteiger partial charge in [-0.15, -0.1) is 22.7 Å². The first-order valence-electron chi connectivity index (χ1n) is 6.92. The van der Waals surface area contributed by atoms with Gasteiger partial charge in [0, 0.05) is 9.75 Å². The Kier molecular flexibility index (Phi) is 5.46. The molecule has 0 amide bonds. The fraction of sp³-hybridized carbons (Fsp3) is 0.467. The number of rotatable bonds is 5. The molecule has 3 heterocycles. The number of hydrogen-bond donors (Lipinski definition) is 1. The van der Waals surface area contributed by atoms with E-state index in [0.717, 1.165) is 16.8 Å². The van der Waals surface area contributed by atoms with E-state index in [1.165, 1.54) is 34.1 Å². The molecule has 5 heteroatoms. The van der Waals surface area contributed by atoms with Crippen molar-refractivity contribution in [2.24, 2.45) is 5.92 Å². The lowest BCUT2D eigenvalue weighted by molar-refractivity contribution is 0.432. The van der Waals surface area contributed by atoms with E-state index >= 15 is 0 Å². The average molecular weight is 344 g/mol. The maximum Gasteiger partial charge on any atom is 0.0931 e. The number of thiophene rings is 2. The van der Waals surface area contributed by atoms with Gasteiger partial charge in [-0.3, -0.25) is 0 Å². The van der Waals surface area contributed by atoms with Gasteiger partial charge in [0.15, 0.2) is 0 Å². The molecule has 2 aromatic heterocycles. The first kappa shape index (κ1) is 14.9. The lowest BCUT2D eigenvalue weighted by Gasteiger charge is -2.24. The Morgan fingerprint density at radius 3 is 2.70 bits per heavy atom. The Morgan fingerprint density at radius 2 is 2.05 bits per heavy atom. The summed E-state index contributed by atoms with van der Waals surface area (Å²) in [6.07, 6.45) is 2.69. The first-order chi connectivity index (χ1) is 9.83. The molecule has 1 N–H and O–H groups in total. The van der Waals surface area contributed by atoms with Gasteiger partial charge in [0.25, 0.3) is 0 Å². The van der Waals surface area contributed by atoms with Crippen LogP contribution in [0.3, 0.4) is 0 Å². The zero-order valence-corrected chi connectivity index (χ0v) is 14.4. The third-order valence-corrected chi connectivity index (χ3v) is 6.94. The van der Waals surface area contributed by atoms with Crippen molar-refractivity contribution in [3.05, 3.63) is 43.7 Å². The van der Waals surface area contributed by atoms with Gasteiger partial charge in [0.05, 0.1) is 10.4 Å². The molecule has 1 fully saturated rings. The fourth-order valence-electron chi connectivity index (χ4n) is 2.52. The number of hydrogen-bond acceptors (Lipinski definition) is 4. The summed E-state index contributed by atoms with van der Waals surface area (Å²) in [4.78, 5) is 2.70. The molecular weight excluding hydrogens is 326 g/mol. The molecule has 0 bridgehead atoms. The third-order valence-electron chi connectivity index (χ3n) is 3.66. The van der Waals surface area contributed by atoms with Crippen molar-refractivity contribution in [3.63, 3.8) is 0 Å². The maximum atomic E-state index is 6.11. The van der Waals surface area contributed by atoms with Crippen LogP contribution in [0.1, 0.15) is 28.6 Å². The molecule has 20 heavy (non-hydrogen) atoms. The minimum atomic E-state index is 0.307. The van der Waals surface area contributed by atoms with Gasteiger partial charge in [-0.25, -0.2) is 0 Å². The van der Waals surface area contributed by atoms with Crippen molar-refractivity contribution < 1.29 is 0 Å². The molecule has 1 saturated heterocycles. The van der Waals surface area contributed by atoms with Gasteiger partial charge >= 0.3 is 0 Å². The Hall–Kier alpha value is -0.0000000000000000555. The van der Waals surface area contributed by atoms with Crippen LogP contribution in [-0.4, -0.2) is 18.1 Å². The smallest absolute Gasteiger partial charge is 0.0931 e. The second-order valence-corrected chi connectivity index (χ2v) is 9.00. The van der Waals surface area contributed by atoms with E-state index in [0.29, 0.717) is 6.04 Å². The van der Waals surface area contributed by atoms with Crippen molar-refractivity contribution in [2.75, 3.05) is 18.1 Å². The van der Waals surface area contributed by atoms with Crippen molar-refractivity contribution >= 4 is 46.0 Å². The zero-order chi connectivity index (χ0) is 13.8. The Balaban J connectivity index is 1.69. The second kappa shape index (κ2) is 7.32. The summed E-state index contributed by atoms with van der Waals surface area (Å²) in [5.41, 5.74) is 0. The van der Waals surface area contributed by atoms with Crippen LogP contribution in [0.5, 0.6) is 0 Å². The highest BCUT2D eigenvalue weighted by Gasteiger charge is 2.20. The predicted molar refractivity (Wildman–Crippen MR) is 93.5 cm³/mol. The van der Waals surface area contributed by atoms with Crippen LogP contribution in [0.15, 0.2) is 29.6 Å². The molecule has 0 spiro atoms. The quantitative estimate of drug-likeness (QED) is 0.792. The van der Waals surface area contributed by atoms with E-state index in [9.17, 15) is 0 Å². The molecule has 0 radical (unpaired) electrons. The number of nitrogens with one attached hydrogen (secondary N) is 1. The molecule has 0 aliphatic carbocycles. The maximum absolute atomic E-state index is 6.11. The highest BCUT2D eigenvalue weighted by molar-refractivity contribution is 7.99. The average Bonchev–Trinajstić information content (AvgIpc) is 3.13. The van der Waals surface area contributed by atoms with Gasteiger partial charge in [-0.1, -0.05) is 17.7 Å². The second-order valence-electron chi connectivity index (χ2n) is 5.05. The minimum Gasteiger partial charge on any atom is -0.305 e. The first-order valence-corrected chi connectivity index (χ1v) is 10.2. The molecular formula is C15H18ClNS3. The summed E-state index contributed by atoms with van der Waals surface area (Å²) in [5.74, 6) is 3.47. The Labute approximate surface area is 137 Å². The summed E-state index contributed by atoms with van der Waals surface area (Å²) in [6.45, 7) is 1.11. The standard InChI is InChI=1S/C15H18ClNS3/c16-14-4-3-13(20-14)15(12-2-1-7-19-12)17-10-11-5-8-18-9-6-11/h1-4,7,11,15,17H,5-6,8-10H2. The number of thioether (sulfide) groups is 1. The molecule has 1 aliphatic heterocycles. The summed E-state index contributed by atoms with van der Waals surface area (Å²) in [6, 6.07) is 8.80. The van der Waals surface area contributed by atoms with E-state index in [4.69, 9.17) is 11.6 Å². The summed E-state index contributed by atoms with van der Waals surface area (Å²) in [5, 5.41) is 5.92. The largest absolute Gasteiger partial charge is 0.305 e. The Morgan fingerprint density at radius 1 is 1.20 bits per heavy atom. The van der Waals surface area contributed by atoms with Gasteiger partial charge in [-0.05, 0) is 60.4 Å². The molecule has 0 saturated carbocycles. The summed E-state index contributed by atoms with van der Waals surface area (Å²) < 4.78 is 0.873. The highest BCUT2D eigenvalue weighted by atomic mass is 35.5. The van der Waals surface area contributed by atoms with Crippen molar-refractivity contribution in [1.82, 2.24) is 5.32 Å². The van der Waals surface area contributed by atoms with E-state index < -0.39 is 0 Å². The van der Waals surface area contributed by atoms with Crippen LogP contribution in [0.2, 0.25) is 4.34 Å². The lowest BCUT2D eigenvalue weighted by atomic mass is 10.0. The van der Waals surface area contributed by atoms with Gasteiger partial charge in [0.2, 0.25) is 0 Å². The van der Waals surface area contributed by atoms with Gasteiger partial charge < -0.3 is 5.32 Å². The minimum absolute atomic E-state index is 0.307. The monoisotopic (exact) mass is 343 g/mol. The van der Waals surface area contributed by atoms with E-state index in [2.05, 4.69) is 40.7 Å². The van der Waals surface area contributed by atoms with Crippen LogP contribution in [0.25, 0.3) is 0 Å². The van der Waals surface area contributed by atoms with Crippen LogP contribution in [0.4, 0.5) is 0 Å². The van der Waals surface area contributed by atoms with Gasteiger partial charge in [0.1, 0.15) is 0 Å². The van der Waals surface area contributed by atoms with Crippen molar-refractivity contribution in [3.8, 4) is 0 Å². The molecule has 1 atom stereocenters. The van der Waals surface area contributed by atoms with E-state index in [1.54, 1.807) is 11.3 Å². The lowest BCUT2D eigenvalue weighted by Crippen LogP contribution is -2.29. The van der Waals surface area contributed by atoms with Crippen molar-refractivity contribution in [1.29, 1.82) is 0 Å². The van der Waals surface area contributed by atoms with Gasteiger partial charge in [-0.2, -0.15) is 11.8 Å². The predicted octanol–water partition coefficient (Wildman–Crippen LogP) is 5.29. The molecule has 1 aliphatic rings. The molecule has 108 valence electrons. The topological polar surface area (TPSA) is 12.0 Å². The van der Waals surface area contributed by atoms with E-state index in [-0.39, 0.29) is 0 Å². The molecule has 3 rings (SSSR count). The fourth-order valence-corrected chi connectivity index (χ4v) is 5.77. The normalized spacial score (nSPS) is 18.2. The SMILES string of the molecule is Clc1ccc(C(NCC2CCSCC2)c2cccs2)s1. The Bertz CT molecular complexity index is 517. The molecule has 1 unspecified atom stereocenters. The molecule has 1 nitrogen and oxygen atoms in total. The summed E-state index contributed by atoms with van der Waals surface area (Å²) >= 11 is 11.7. The van der Waals surface area contributed by atoms with Crippen LogP contribution < -0.4 is 5.32 Å². The van der Waals surface area contributed by atoms with Crippen LogP contribution in [0, 0.1) is 5.92 Å². The van der Waals surface area contributed by atoms with Crippen molar-refractivity contribution in [2.45, 2.75) is 18.9 Å². The highest BCUT2D eigenvalue weighted by Crippen LogP contribution is 2.33. The molecule has 2 aromatic rings. The molecule has 0 aromatic carbocycles. The number of halogens is 1. The summed E-state index contributed by atoms with van der Waals surface area (Å²) in [7, 11) is 0. The van der Waals surface area contributed by atoms with Crippen LogP contribution >= 0.6 is 46.0 Å². The third kappa shape index (κ3) is 3.80. The van der Waals surface area contributed by atoms with Crippen LogP contribution in [-0.2, 0) is 0 Å². The van der Waals surface area contributed by atoms with E-state index in [1.807, 2.05) is 17.4 Å². The zero-order valence-electron chi connectivity index (χ0n) is 11.2.